The Morgan fingerprint density at radius 3 is 3.00 bits per heavy atom. The molecule has 4 nitrogen and oxygen atoms in total. The number of hydrogen-bond acceptors (Lipinski definition) is 4. The molecule has 0 aromatic carbocycles. The van der Waals surface area contributed by atoms with Crippen LogP contribution in [0.1, 0.15) is 12.8 Å². The van der Waals surface area contributed by atoms with Crippen molar-refractivity contribution in [2.45, 2.75) is 18.9 Å². The minimum Gasteiger partial charge on any atom is -0.469 e. The molecule has 1 aliphatic rings. The molecular formula is C7H11NO3. The third kappa shape index (κ3) is 2.31. The molecule has 0 spiro atoms. The van der Waals surface area contributed by atoms with Crippen molar-refractivity contribution in [3.63, 3.8) is 0 Å². The van der Waals surface area contributed by atoms with Crippen LogP contribution in [0.3, 0.4) is 0 Å². The van der Waals surface area contributed by atoms with Gasteiger partial charge in [0.15, 0.2) is 0 Å². The monoisotopic (exact) mass is 157 g/mol. The Balaban J connectivity index is 2.28. The standard InChI is InChI=1S/C7H11NO3/c1-11-7(10)3-5-2-6(9)4-8-5/h5,8H,2-4H2,1H3. The van der Waals surface area contributed by atoms with E-state index in [2.05, 4.69) is 10.1 Å². The molecule has 1 saturated heterocycles. The number of carbonyl (C=O) groups excluding carboxylic acids is 2. The van der Waals surface area contributed by atoms with Crippen LogP contribution in [-0.2, 0) is 14.3 Å². The molecule has 1 atom stereocenters. The van der Waals surface area contributed by atoms with Gasteiger partial charge < -0.3 is 10.1 Å². The van der Waals surface area contributed by atoms with E-state index >= 15 is 0 Å². The number of nitrogens with one attached hydrogen (secondary N) is 1. The number of methoxy groups -OCH3 is 1. The number of ether oxygens (including phenoxy) is 1. The molecule has 0 amide bonds. The zero-order valence-electron chi connectivity index (χ0n) is 6.42. The van der Waals surface area contributed by atoms with E-state index in [-0.39, 0.29) is 17.8 Å². The van der Waals surface area contributed by atoms with Crippen LogP contribution in [0.25, 0.3) is 0 Å². The molecular weight excluding hydrogens is 146 g/mol. The summed E-state index contributed by atoms with van der Waals surface area (Å²) in [5.74, 6) is -0.101. The lowest BCUT2D eigenvalue weighted by Gasteiger charge is -2.05. The van der Waals surface area contributed by atoms with Crippen molar-refractivity contribution in [1.29, 1.82) is 0 Å². The maximum Gasteiger partial charge on any atom is 0.307 e. The van der Waals surface area contributed by atoms with Crippen molar-refractivity contribution < 1.29 is 14.3 Å². The van der Waals surface area contributed by atoms with E-state index in [0.29, 0.717) is 19.4 Å². The predicted octanol–water partition coefficient (Wildman–Crippen LogP) is -0.520. The summed E-state index contributed by atoms with van der Waals surface area (Å²) in [4.78, 5) is 21.4. The third-order valence-electron chi connectivity index (χ3n) is 1.70. The fourth-order valence-corrected chi connectivity index (χ4v) is 1.11. The SMILES string of the molecule is COC(=O)CC1CC(=O)CN1. The molecule has 1 N–H and O–H groups in total. The van der Waals surface area contributed by atoms with E-state index in [1.54, 1.807) is 0 Å². The van der Waals surface area contributed by atoms with E-state index in [4.69, 9.17) is 0 Å². The lowest BCUT2D eigenvalue weighted by Crippen LogP contribution is -2.24. The Bertz CT molecular complexity index is 179. The molecule has 11 heavy (non-hydrogen) atoms. The zero-order chi connectivity index (χ0) is 8.27. The first-order valence-electron chi connectivity index (χ1n) is 3.54. The van der Waals surface area contributed by atoms with Crippen molar-refractivity contribution in [2.75, 3.05) is 13.7 Å². The summed E-state index contributed by atoms with van der Waals surface area (Å²) in [6.45, 7) is 0.391. The Hall–Kier alpha value is -0.900. The van der Waals surface area contributed by atoms with Gasteiger partial charge in [0.25, 0.3) is 0 Å². The maximum atomic E-state index is 10.7. The van der Waals surface area contributed by atoms with Gasteiger partial charge >= 0.3 is 5.97 Å². The first-order valence-corrected chi connectivity index (χ1v) is 3.54. The molecule has 4 heteroatoms. The molecule has 0 saturated carbocycles. The van der Waals surface area contributed by atoms with Crippen LogP contribution in [-0.4, -0.2) is 31.4 Å². The summed E-state index contributed by atoms with van der Waals surface area (Å²) < 4.78 is 4.46. The van der Waals surface area contributed by atoms with Gasteiger partial charge in [0.2, 0.25) is 0 Å². The van der Waals surface area contributed by atoms with Gasteiger partial charge in [-0.1, -0.05) is 0 Å². The number of esters is 1. The van der Waals surface area contributed by atoms with Gasteiger partial charge in [-0.05, 0) is 0 Å². The van der Waals surface area contributed by atoms with Gasteiger partial charge in [-0.15, -0.1) is 0 Å². The number of rotatable bonds is 2. The van der Waals surface area contributed by atoms with Gasteiger partial charge in [0, 0.05) is 12.5 Å². The Labute approximate surface area is 64.9 Å². The number of ketones is 1. The lowest BCUT2D eigenvalue weighted by atomic mass is 10.1. The van der Waals surface area contributed by atoms with Gasteiger partial charge in [-0.3, -0.25) is 9.59 Å². The normalized spacial score (nSPS) is 23.7. The Kier molecular flexibility index (Phi) is 2.59. The van der Waals surface area contributed by atoms with Gasteiger partial charge in [0.05, 0.1) is 20.1 Å². The van der Waals surface area contributed by atoms with E-state index in [0.717, 1.165) is 0 Å². The Morgan fingerprint density at radius 2 is 2.55 bits per heavy atom. The second-order valence-corrected chi connectivity index (χ2v) is 2.60. The number of carbonyl (C=O) groups is 2. The highest BCUT2D eigenvalue weighted by Gasteiger charge is 2.23. The molecule has 0 aliphatic carbocycles. The van der Waals surface area contributed by atoms with Crippen molar-refractivity contribution in [2.24, 2.45) is 0 Å². The summed E-state index contributed by atoms with van der Waals surface area (Å²) in [5, 5.41) is 2.92. The molecule has 62 valence electrons. The highest BCUT2D eigenvalue weighted by molar-refractivity contribution is 5.84. The molecule has 0 radical (unpaired) electrons. The van der Waals surface area contributed by atoms with Crippen LogP contribution < -0.4 is 5.32 Å². The quantitative estimate of drug-likeness (QED) is 0.548. The van der Waals surface area contributed by atoms with Crippen molar-refractivity contribution in [3.05, 3.63) is 0 Å². The summed E-state index contributed by atoms with van der Waals surface area (Å²) >= 11 is 0. The first-order chi connectivity index (χ1) is 5.22. The first kappa shape index (κ1) is 8.20. The Morgan fingerprint density at radius 1 is 1.82 bits per heavy atom. The summed E-state index contributed by atoms with van der Waals surface area (Å²) in [6.07, 6.45) is 0.747. The fourth-order valence-electron chi connectivity index (χ4n) is 1.11. The third-order valence-corrected chi connectivity index (χ3v) is 1.70. The number of hydrogen-bond donors (Lipinski definition) is 1. The second-order valence-electron chi connectivity index (χ2n) is 2.60. The minimum atomic E-state index is -0.266. The van der Waals surface area contributed by atoms with Crippen LogP contribution in [0, 0.1) is 0 Å². The predicted molar refractivity (Wildman–Crippen MR) is 38.0 cm³/mol. The van der Waals surface area contributed by atoms with Crippen LogP contribution in [0.2, 0.25) is 0 Å². The maximum absolute atomic E-state index is 10.7. The molecule has 1 heterocycles. The second kappa shape index (κ2) is 3.48. The van der Waals surface area contributed by atoms with Crippen LogP contribution in [0.5, 0.6) is 0 Å². The van der Waals surface area contributed by atoms with Gasteiger partial charge in [-0.25, -0.2) is 0 Å². The smallest absolute Gasteiger partial charge is 0.307 e. The molecule has 0 aromatic rings. The van der Waals surface area contributed by atoms with Crippen LogP contribution in [0.4, 0.5) is 0 Å². The van der Waals surface area contributed by atoms with Crippen LogP contribution in [0.15, 0.2) is 0 Å². The van der Waals surface area contributed by atoms with Crippen molar-refractivity contribution >= 4 is 11.8 Å². The van der Waals surface area contributed by atoms with E-state index in [1.807, 2.05) is 0 Å². The van der Waals surface area contributed by atoms with E-state index in [9.17, 15) is 9.59 Å². The molecule has 1 unspecified atom stereocenters. The molecule has 1 rings (SSSR count). The summed E-state index contributed by atoms with van der Waals surface area (Å²) in [7, 11) is 1.35. The number of Topliss-reactive ketones (excluding diaryl/α,β-unsaturated/α-hetero) is 1. The summed E-state index contributed by atoms with van der Waals surface area (Å²) in [5.41, 5.74) is 0. The van der Waals surface area contributed by atoms with Gasteiger partial charge in [0.1, 0.15) is 5.78 Å². The highest BCUT2D eigenvalue weighted by atomic mass is 16.5. The summed E-state index contributed by atoms with van der Waals surface area (Å²) in [6, 6.07) is -0.00468. The average Bonchev–Trinajstić information content (AvgIpc) is 2.35. The van der Waals surface area contributed by atoms with Gasteiger partial charge in [-0.2, -0.15) is 0 Å². The highest BCUT2D eigenvalue weighted by Crippen LogP contribution is 2.05. The van der Waals surface area contributed by atoms with Crippen molar-refractivity contribution in [3.8, 4) is 0 Å². The lowest BCUT2D eigenvalue weighted by molar-refractivity contribution is -0.141. The zero-order valence-corrected chi connectivity index (χ0v) is 6.42. The van der Waals surface area contributed by atoms with Crippen LogP contribution >= 0.6 is 0 Å². The minimum absolute atomic E-state index is 0.00468. The van der Waals surface area contributed by atoms with Crippen molar-refractivity contribution in [1.82, 2.24) is 5.32 Å². The molecule has 0 bridgehead atoms. The average molecular weight is 157 g/mol. The fraction of sp³-hybridized carbons (Fsp3) is 0.714. The molecule has 1 aliphatic heterocycles. The van der Waals surface area contributed by atoms with E-state index < -0.39 is 0 Å². The molecule has 1 fully saturated rings. The molecule has 0 aromatic heterocycles. The topological polar surface area (TPSA) is 55.4 Å². The van der Waals surface area contributed by atoms with E-state index in [1.165, 1.54) is 7.11 Å². The largest absolute Gasteiger partial charge is 0.469 e.